The molecule has 0 saturated carbocycles. The van der Waals surface area contributed by atoms with Crippen molar-refractivity contribution < 1.29 is 14.6 Å². The van der Waals surface area contributed by atoms with Crippen LogP contribution in [0.4, 0.5) is 0 Å². The topological polar surface area (TPSA) is 38.7 Å². The predicted octanol–water partition coefficient (Wildman–Crippen LogP) is 7.89. The van der Waals surface area contributed by atoms with Crippen LogP contribution in [0.25, 0.3) is 0 Å². The van der Waals surface area contributed by atoms with Crippen molar-refractivity contribution in [1.82, 2.24) is 0 Å². The number of methoxy groups -OCH3 is 2. The lowest BCUT2D eigenvalue weighted by Crippen LogP contribution is -2.18. The van der Waals surface area contributed by atoms with Crippen LogP contribution in [0.2, 0.25) is 0 Å². The van der Waals surface area contributed by atoms with Crippen molar-refractivity contribution in [3.63, 3.8) is 0 Å². The van der Waals surface area contributed by atoms with Crippen LogP contribution in [0.1, 0.15) is 69.0 Å². The van der Waals surface area contributed by atoms with E-state index in [2.05, 4.69) is 90.1 Å². The van der Waals surface area contributed by atoms with Crippen LogP contribution in [0.5, 0.6) is 17.2 Å². The van der Waals surface area contributed by atoms with Gasteiger partial charge in [-0.05, 0) is 57.3 Å². The van der Waals surface area contributed by atoms with E-state index >= 15 is 0 Å². The number of aromatic hydroxyl groups is 1. The molecule has 0 radical (unpaired) electrons. The first-order chi connectivity index (χ1) is 15.4. The summed E-state index contributed by atoms with van der Waals surface area (Å²) in [6.07, 6.45) is 0. The zero-order valence-electron chi connectivity index (χ0n) is 21.0. The van der Waals surface area contributed by atoms with Crippen LogP contribution in [0, 0.1) is 0 Å². The molecule has 0 saturated heterocycles. The maximum absolute atomic E-state index is 11.2. The average Bonchev–Trinajstić information content (AvgIpc) is 2.76. The summed E-state index contributed by atoms with van der Waals surface area (Å²) in [5.41, 5.74) is 3.75. The van der Waals surface area contributed by atoms with Gasteiger partial charge in [0.2, 0.25) is 0 Å². The van der Waals surface area contributed by atoms with Gasteiger partial charge in [-0.2, -0.15) is 0 Å². The Morgan fingerprint density at radius 2 is 1.15 bits per heavy atom. The molecule has 0 aliphatic heterocycles. The van der Waals surface area contributed by atoms with Crippen LogP contribution in [-0.2, 0) is 10.8 Å². The lowest BCUT2D eigenvalue weighted by atomic mass is 9.78. The van der Waals surface area contributed by atoms with Crippen molar-refractivity contribution in [2.45, 2.75) is 62.5 Å². The Morgan fingerprint density at radius 3 is 1.58 bits per heavy atom. The molecule has 1 N–H and O–H groups in total. The largest absolute Gasteiger partial charge is 0.507 e. The zero-order valence-corrected chi connectivity index (χ0v) is 21.8. The molecule has 3 nitrogen and oxygen atoms in total. The van der Waals surface area contributed by atoms with E-state index in [9.17, 15) is 5.11 Å². The highest BCUT2D eigenvalue weighted by Gasteiger charge is 2.29. The second-order valence-corrected chi connectivity index (χ2v) is 11.6. The molecule has 0 aromatic heterocycles. The average molecular weight is 465 g/mol. The smallest absolute Gasteiger partial charge is 0.123 e. The maximum Gasteiger partial charge on any atom is 0.123 e. The first-order valence-electron chi connectivity index (χ1n) is 11.3. The minimum atomic E-state index is -0.200. The summed E-state index contributed by atoms with van der Waals surface area (Å²) in [6, 6.07) is 20.8. The molecule has 3 aromatic rings. The van der Waals surface area contributed by atoms with Gasteiger partial charge in [-0.3, -0.25) is 0 Å². The summed E-state index contributed by atoms with van der Waals surface area (Å²) in [7, 11) is 3.35. The van der Waals surface area contributed by atoms with E-state index in [0.29, 0.717) is 5.75 Å². The molecule has 0 bridgehead atoms. The summed E-state index contributed by atoms with van der Waals surface area (Å²) in [6.45, 7) is 12.9. The van der Waals surface area contributed by atoms with Crippen molar-refractivity contribution in [2.75, 3.05) is 14.2 Å². The minimum Gasteiger partial charge on any atom is -0.507 e. The molecular weight excluding hydrogens is 428 g/mol. The Labute approximate surface area is 203 Å². The lowest BCUT2D eigenvalue weighted by molar-refractivity contribution is 0.393. The molecule has 0 amide bonds. The Hall–Kier alpha value is -2.59. The Kier molecular flexibility index (Phi) is 7.38. The van der Waals surface area contributed by atoms with Gasteiger partial charge < -0.3 is 14.6 Å². The molecule has 0 heterocycles. The fourth-order valence-electron chi connectivity index (χ4n) is 3.90. The van der Waals surface area contributed by atoms with Crippen molar-refractivity contribution in [1.29, 1.82) is 0 Å². The van der Waals surface area contributed by atoms with E-state index in [1.807, 2.05) is 12.1 Å². The third-order valence-electron chi connectivity index (χ3n) is 5.72. The SMILES string of the molecule is COc1cc(OC)cc(C(Sc2ccccc2)c2cc(C(C)(C)C)c(O)c(C(C)(C)C)c2)c1. The maximum atomic E-state index is 11.2. The van der Waals surface area contributed by atoms with Crippen molar-refractivity contribution in [2.24, 2.45) is 0 Å². The molecule has 4 heteroatoms. The molecule has 3 rings (SSSR count). The highest BCUT2D eigenvalue weighted by Crippen LogP contribution is 2.47. The number of hydrogen-bond acceptors (Lipinski definition) is 4. The quantitative estimate of drug-likeness (QED) is 0.377. The van der Waals surface area contributed by atoms with Crippen molar-refractivity contribution >= 4 is 11.8 Å². The minimum absolute atomic E-state index is 0.0146. The van der Waals surface area contributed by atoms with E-state index in [1.54, 1.807) is 26.0 Å². The fraction of sp³-hybridized carbons (Fsp3) is 0.379. The van der Waals surface area contributed by atoms with Crippen LogP contribution < -0.4 is 9.47 Å². The molecule has 176 valence electrons. The van der Waals surface area contributed by atoms with Crippen LogP contribution in [0.3, 0.4) is 0 Å². The first kappa shape index (κ1) is 25.0. The molecule has 0 spiro atoms. The number of hydrogen-bond donors (Lipinski definition) is 1. The highest BCUT2D eigenvalue weighted by molar-refractivity contribution is 7.99. The third-order valence-corrected chi connectivity index (χ3v) is 7.05. The Balaban J connectivity index is 2.29. The van der Waals surface area contributed by atoms with Gasteiger partial charge in [0.1, 0.15) is 17.2 Å². The summed E-state index contributed by atoms with van der Waals surface area (Å²) >= 11 is 1.79. The van der Waals surface area contributed by atoms with E-state index in [-0.39, 0.29) is 16.1 Å². The van der Waals surface area contributed by atoms with Gasteiger partial charge in [-0.1, -0.05) is 71.9 Å². The molecule has 0 aliphatic carbocycles. The number of ether oxygens (including phenoxy) is 2. The molecular formula is C29H36O3S. The monoisotopic (exact) mass is 464 g/mol. The second-order valence-electron chi connectivity index (χ2n) is 10.4. The first-order valence-corrected chi connectivity index (χ1v) is 12.1. The van der Waals surface area contributed by atoms with Gasteiger partial charge in [0.05, 0.1) is 19.5 Å². The lowest BCUT2D eigenvalue weighted by Gasteiger charge is -2.30. The normalized spacial score (nSPS) is 13.0. The second kappa shape index (κ2) is 9.72. The van der Waals surface area contributed by atoms with Gasteiger partial charge in [0, 0.05) is 11.0 Å². The van der Waals surface area contributed by atoms with Gasteiger partial charge in [0.15, 0.2) is 0 Å². The van der Waals surface area contributed by atoms with Gasteiger partial charge in [-0.15, -0.1) is 11.8 Å². The summed E-state index contributed by atoms with van der Waals surface area (Å²) in [5, 5.41) is 11.2. The van der Waals surface area contributed by atoms with Crippen LogP contribution >= 0.6 is 11.8 Å². The fourth-order valence-corrected chi connectivity index (χ4v) is 5.03. The van der Waals surface area contributed by atoms with Crippen LogP contribution in [-0.4, -0.2) is 19.3 Å². The van der Waals surface area contributed by atoms with E-state index < -0.39 is 0 Å². The van der Waals surface area contributed by atoms with Crippen molar-refractivity contribution in [3.8, 4) is 17.2 Å². The van der Waals surface area contributed by atoms with Crippen LogP contribution in [0.15, 0.2) is 65.6 Å². The van der Waals surface area contributed by atoms with Gasteiger partial charge >= 0.3 is 0 Å². The summed E-state index contributed by atoms with van der Waals surface area (Å²) in [4.78, 5) is 1.17. The van der Waals surface area contributed by atoms with Gasteiger partial charge in [0.25, 0.3) is 0 Å². The summed E-state index contributed by atoms with van der Waals surface area (Å²) in [5.74, 6) is 1.91. The van der Waals surface area contributed by atoms with Gasteiger partial charge in [-0.25, -0.2) is 0 Å². The Morgan fingerprint density at radius 1 is 0.697 bits per heavy atom. The molecule has 1 unspecified atom stereocenters. The molecule has 3 aromatic carbocycles. The molecule has 0 aliphatic rings. The Bertz CT molecular complexity index is 1030. The molecule has 0 fully saturated rings. The number of phenolic OH excluding ortho intramolecular Hbond substituents is 1. The standard InChI is InChI=1S/C29H36O3S/c1-28(2,3)24-16-20(17-25(26(24)30)29(4,5)6)27(33-23-12-10-9-11-13-23)19-14-21(31-7)18-22(15-19)32-8/h9-18,27,30H,1-8H3. The zero-order chi connectivity index (χ0) is 24.4. The molecule has 33 heavy (non-hydrogen) atoms. The van der Waals surface area contributed by atoms with E-state index in [0.717, 1.165) is 33.8 Å². The molecule has 1 atom stereocenters. The highest BCUT2D eigenvalue weighted by atomic mass is 32.2. The number of rotatable bonds is 6. The van der Waals surface area contributed by atoms with E-state index in [1.165, 1.54) is 4.90 Å². The van der Waals surface area contributed by atoms with Crippen molar-refractivity contribution in [3.05, 3.63) is 82.9 Å². The predicted molar refractivity (Wildman–Crippen MR) is 139 cm³/mol. The number of benzene rings is 3. The van der Waals surface area contributed by atoms with E-state index in [4.69, 9.17) is 9.47 Å². The third kappa shape index (κ3) is 5.86. The summed E-state index contributed by atoms with van der Waals surface area (Å²) < 4.78 is 11.2. The number of thioether (sulfide) groups is 1. The number of phenols is 1.